The van der Waals surface area contributed by atoms with E-state index in [2.05, 4.69) is 21.2 Å². The molecule has 7 heteroatoms. The third-order valence-electron chi connectivity index (χ3n) is 6.72. The zero-order chi connectivity index (χ0) is 22.5. The molecule has 1 fully saturated rings. The number of furan rings is 1. The number of carbonyl (C=O) groups excluding carboxylic acids is 2. The molecule has 1 aliphatic heterocycles. The minimum Gasteiger partial charge on any atom is -0.463 e. The van der Waals surface area contributed by atoms with Crippen LogP contribution in [-0.4, -0.2) is 28.0 Å². The Hall–Kier alpha value is -2.80. The molecule has 0 spiro atoms. The molecule has 1 saturated carbocycles. The summed E-state index contributed by atoms with van der Waals surface area (Å²) in [5, 5.41) is 3.23. The van der Waals surface area contributed by atoms with E-state index in [1.165, 1.54) is 0 Å². The Bertz CT molecular complexity index is 1180. The van der Waals surface area contributed by atoms with Crippen molar-refractivity contribution in [3.63, 3.8) is 0 Å². The van der Waals surface area contributed by atoms with Crippen LogP contribution in [0.1, 0.15) is 48.7 Å². The number of anilines is 1. The molecule has 0 radical (unpaired) electrons. The van der Waals surface area contributed by atoms with Crippen molar-refractivity contribution in [2.45, 2.75) is 57.7 Å². The number of nitrogens with zero attached hydrogens (tertiary/aromatic N) is 2. The highest BCUT2D eigenvalue weighted by Gasteiger charge is 2.49. The maximum absolute atomic E-state index is 13.8. The average molecular weight is 496 g/mol. The second kappa shape index (κ2) is 7.96. The Balaban J connectivity index is 1.62. The van der Waals surface area contributed by atoms with E-state index in [4.69, 9.17) is 4.42 Å². The van der Waals surface area contributed by atoms with E-state index in [1.807, 2.05) is 60.9 Å². The second-order valence-electron chi connectivity index (χ2n) is 8.97. The summed E-state index contributed by atoms with van der Waals surface area (Å²) in [7, 11) is 0. The van der Waals surface area contributed by atoms with Gasteiger partial charge in [-0.2, -0.15) is 0 Å². The predicted molar refractivity (Wildman–Crippen MR) is 127 cm³/mol. The molecular weight excluding hydrogens is 470 g/mol. The van der Waals surface area contributed by atoms with Crippen molar-refractivity contribution < 1.29 is 14.0 Å². The lowest BCUT2D eigenvalue weighted by molar-refractivity contribution is -0.127. The lowest BCUT2D eigenvalue weighted by Gasteiger charge is -2.44. The Morgan fingerprint density at radius 2 is 1.91 bits per heavy atom. The molecule has 2 amide bonds. The predicted octanol–water partition coefficient (Wildman–Crippen LogP) is 5.30. The highest BCUT2D eigenvalue weighted by atomic mass is 79.9. The van der Waals surface area contributed by atoms with Gasteiger partial charge in [-0.25, -0.2) is 0 Å². The third-order valence-corrected chi connectivity index (χ3v) is 7.61. The monoisotopic (exact) mass is 495 g/mol. The molecule has 0 bridgehead atoms. The molecule has 1 N–H and O–H groups in total. The Labute approximate surface area is 195 Å². The van der Waals surface area contributed by atoms with E-state index in [0.717, 1.165) is 41.4 Å². The van der Waals surface area contributed by atoms with E-state index in [-0.39, 0.29) is 17.9 Å². The van der Waals surface area contributed by atoms with Gasteiger partial charge >= 0.3 is 0 Å². The number of halogens is 1. The number of hydrogen-bond acceptors (Lipinski definition) is 3. The smallest absolute Gasteiger partial charge is 0.275 e. The summed E-state index contributed by atoms with van der Waals surface area (Å²) in [6, 6.07) is 13.3. The second-order valence-corrected chi connectivity index (χ2v) is 9.82. The number of fused-ring (bicyclic) bond motifs is 1. The number of hydrogen-bond donors (Lipinski definition) is 1. The lowest BCUT2D eigenvalue weighted by Crippen LogP contribution is -2.65. The number of rotatable bonds is 4. The molecule has 6 nitrogen and oxygen atoms in total. The van der Waals surface area contributed by atoms with Gasteiger partial charge in [0.15, 0.2) is 0 Å². The fourth-order valence-corrected chi connectivity index (χ4v) is 5.18. The first-order valence-electron chi connectivity index (χ1n) is 11.0. The zero-order valence-electron chi connectivity index (χ0n) is 18.2. The van der Waals surface area contributed by atoms with Crippen LogP contribution in [0.15, 0.2) is 57.6 Å². The van der Waals surface area contributed by atoms with Gasteiger partial charge in [-0.05, 0) is 74.7 Å². The first-order valence-corrected chi connectivity index (χ1v) is 11.8. The molecule has 32 heavy (non-hydrogen) atoms. The van der Waals surface area contributed by atoms with Gasteiger partial charge in [-0.3, -0.25) is 14.5 Å². The molecule has 2 aromatic heterocycles. The van der Waals surface area contributed by atoms with Crippen molar-refractivity contribution in [2.24, 2.45) is 0 Å². The van der Waals surface area contributed by atoms with Crippen molar-refractivity contribution in [1.29, 1.82) is 0 Å². The molecule has 1 aliphatic carbocycles. The fourth-order valence-electron chi connectivity index (χ4n) is 4.94. The van der Waals surface area contributed by atoms with Crippen LogP contribution in [-0.2, 0) is 11.3 Å². The van der Waals surface area contributed by atoms with Crippen molar-refractivity contribution in [3.05, 3.63) is 64.5 Å². The summed E-state index contributed by atoms with van der Waals surface area (Å²) in [6.07, 6.45) is 5.84. The average Bonchev–Trinajstić information content (AvgIpc) is 3.52. The Morgan fingerprint density at radius 1 is 1.16 bits per heavy atom. The number of amides is 2. The van der Waals surface area contributed by atoms with Crippen LogP contribution in [0.25, 0.3) is 11.5 Å². The summed E-state index contributed by atoms with van der Waals surface area (Å²) < 4.78 is 8.48. The maximum atomic E-state index is 13.8. The van der Waals surface area contributed by atoms with Crippen LogP contribution in [0.5, 0.6) is 0 Å². The number of aromatic nitrogens is 1. The van der Waals surface area contributed by atoms with E-state index in [0.29, 0.717) is 23.7 Å². The molecule has 166 valence electrons. The minimum absolute atomic E-state index is 0.122. The fraction of sp³-hybridized carbons (Fsp3) is 0.360. The first kappa shape index (κ1) is 21.1. The molecule has 3 heterocycles. The van der Waals surface area contributed by atoms with Gasteiger partial charge in [0.1, 0.15) is 17.0 Å². The van der Waals surface area contributed by atoms with Gasteiger partial charge in [0.25, 0.3) is 5.91 Å². The van der Waals surface area contributed by atoms with E-state index in [9.17, 15) is 9.59 Å². The molecule has 2 aliphatic rings. The van der Waals surface area contributed by atoms with Crippen LogP contribution >= 0.6 is 15.9 Å². The molecule has 1 atom stereocenters. The van der Waals surface area contributed by atoms with Crippen molar-refractivity contribution in [3.8, 4) is 11.5 Å². The van der Waals surface area contributed by atoms with E-state index < -0.39 is 5.54 Å². The van der Waals surface area contributed by atoms with Crippen LogP contribution in [0, 0.1) is 6.92 Å². The Kier molecular flexibility index (Phi) is 5.24. The SMILES string of the molecule is Cc1cc(N2C(=O)c3ccc(-c4ccco4)n3C[C@@]2(C)C(=O)NC2CCCC2)ccc1Br. The van der Waals surface area contributed by atoms with Crippen molar-refractivity contribution in [2.75, 3.05) is 4.90 Å². The van der Waals surface area contributed by atoms with Gasteiger partial charge < -0.3 is 14.3 Å². The maximum Gasteiger partial charge on any atom is 0.275 e. The van der Waals surface area contributed by atoms with Gasteiger partial charge in [-0.15, -0.1) is 0 Å². The number of aryl methyl sites for hydroxylation is 1. The molecule has 0 saturated heterocycles. The van der Waals surface area contributed by atoms with Crippen molar-refractivity contribution >= 4 is 33.4 Å². The summed E-state index contributed by atoms with van der Waals surface area (Å²) in [6.45, 7) is 4.18. The topological polar surface area (TPSA) is 67.5 Å². The molecule has 3 aromatic rings. The standard InChI is InChI=1S/C25H26BrN3O3/c1-16-14-18(9-10-19(16)26)29-23(30)21-12-11-20(22-8-5-13-32-22)28(21)15-25(29,2)24(31)27-17-6-3-4-7-17/h5,8-14,17H,3-4,6-7,15H2,1-2H3,(H,27,31)/t25-/m0/s1. The van der Waals surface area contributed by atoms with Gasteiger partial charge in [0, 0.05) is 16.2 Å². The van der Waals surface area contributed by atoms with Gasteiger partial charge in [-0.1, -0.05) is 28.8 Å². The summed E-state index contributed by atoms with van der Waals surface area (Å²) in [4.78, 5) is 29.2. The molecule has 0 unspecified atom stereocenters. The van der Waals surface area contributed by atoms with Crippen LogP contribution in [0.4, 0.5) is 5.69 Å². The minimum atomic E-state index is -1.09. The quantitative estimate of drug-likeness (QED) is 0.534. The molecule has 5 rings (SSSR count). The largest absolute Gasteiger partial charge is 0.463 e. The highest BCUT2D eigenvalue weighted by molar-refractivity contribution is 9.10. The van der Waals surface area contributed by atoms with E-state index >= 15 is 0 Å². The first-order chi connectivity index (χ1) is 15.4. The molecular formula is C25H26BrN3O3. The van der Waals surface area contributed by atoms with Crippen LogP contribution in [0.3, 0.4) is 0 Å². The summed E-state index contributed by atoms with van der Waals surface area (Å²) in [5.41, 5.74) is 1.97. The van der Waals surface area contributed by atoms with Crippen LogP contribution < -0.4 is 10.2 Å². The normalized spacial score (nSPS) is 21.1. The summed E-state index contributed by atoms with van der Waals surface area (Å²) in [5.74, 6) is 0.360. The van der Waals surface area contributed by atoms with Gasteiger partial charge in [0.05, 0.1) is 18.5 Å². The zero-order valence-corrected chi connectivity index (χ0v) is 19.8. The number of carbonyl (C=O) groups is 2. The van der Waals surface area contributed by atoms with Crippen LogP contribution in [0.2, 0.25) is 0 Å². The summed E-state index contributed by atoms with van der Waals surface area (Å²) >= 11 is 3.54. The van der Waals surface area contributed by atoms with E-state index in [1.54, 1.807) is 11.2 Å². The third kappa shape index (κ3) is 3.39. The molecule has 1 aromatic carbocycles. The van der Waals surface area contributed by atoms with Gasteiger partial charge in [0.2, 0.25) is 5.91 Å². The Morgan fingerprint density at radius 3 is 2.59 bits per heavy atom. The number of benzene rings is 1. The highest BCUT2D eigenvalue weighted by Crippen LogP contribution is 2.37. The number of nitrogens with one attached hydrogen (secondary N) is 1. The van der Waals surface area contributed by atoms with Crippen molar-refractivity contribution in [1.82, 2.24) is 9.88 Å². The lowest BCUT2D eigenvalue weighted by atomic mass is 9.93.